The normalized spacial score (nSPS) is 34.2. The first-order valence-corrected chi connectivity index (χ1v) is 7.80. The molecule has 18 heavy (non-hydrogen) atoms. The van der Waals surface area contributed by atoms with Gasteiger partial charge in [0.2, 0.25) is 0 Å². The lowest BCUT2D eigenvalue weighted by molar-refractivity contribution is -0.105. The summed E-state index contributed by atoms with van der Waals surface area (Å²) in [4.78, 5) is 2.68. The molecule has 3 fully saturated rings. The summed E-state index contributed by atoms with van der Waals surface area (Å²) in [7, 11) is 0. The highest BCUT2D eigenvalue weighted by molar-refractivity contribution is 4.94. The van der Waals surface area contributed by atoms with Crippen LogP contribution in [0.25, 0.3) is 0 Å². The summed E-state index contributed by atoms with van der Waals surface area (Å²) in [5.41, 5.74) is 0.247. The molecule has 1 unspecified atom stereocenters. The van der Waals surface area contributed by atoms with Crippen molar-refractivity contribution < 1.29 is 9.84 Å². The molecule has 1 spiro atoms. The van der Waals surface area contributed by atoms with Gasteiger partial charge in [0.25, 0.3) is 0 Å². The Morgan fingerprint density at radius 3 is 2.50 bits per heavy atom. The second-order valence-corrected chi connectivity index (χ2v) is 6.55. The molecule has 1 atom stereocenters. The Labute approximate surface area is 110 Å². The molecule has 2 heterocycles. The zero-order valence-corrected chi connectivity index (χ0v) is 11.4. The summed E-state index contributed by atoms with van der Waals surface area (Å²) < 4.78 is 6.12. The van der Waals surface area contributed by atoms with E-state index >= 15 is 0 Å². The lowest BCUT2D eigenvalue weighted by atomic mass is 9.86. The first kappa shape index (κ1) is 12.9. The van der Waals surface area contributed by atoms with Gasteiger partial charge in [-0.1, -0.05) is 12.8 Å². The standard InChI is InChI=1S/C15H27NO2/c17-12-13-3-8-16(9-4-13)14-5-10-18-15(11-14)6-1-2-7-15/h13-14,17H,1-12H2. The van der Waals surface area contributed by atoms with Gasteiger partial charge in [0.05, 0.1) is 5.60 Å². The monoisotopic (exact) mass is 253 g/mol. The lowest BCUT2D eigenvalue weighted by Gasteiger charge is -2.45. The van der Waals surface area contributed by atoms with Crippen molar-refractivity contribution in [3.8, 4) is 0 Å². The molecule has 1 aliphatic carbocycles. The quantitative estimate of drug-likeness (QED) is 0.819. The molecular formula is C15H27NO2. The summed E-state index contributed by atoms with van der Waals surface area (Å²) in [6, 6.07) is 0.747. The summed E-state index contributed by atoms with van der Waals surface area (Å²) in [6.07, 6.45) is 10.1. The first-order chi connectivity index (χ1) is 8.81. The zero-order valence-electron chi connectivity index (χ0n) is 11.4. The predicted molar refractivity (Wildman–Crippen MR) is 71.6 cm³/mol. The molecule has 0 bridgehead atoms. The van der Waals surface area contributed by atoms with Gasteiger partial charge >= 0.3 is 0 Å². The van der Waals surface area contributed by atoms with Crippen molar-refractivity contribution in [2.75, 3.05) is 26.3 Å². The fraction of sp³-hybridized carbons (Fsp3) is 1.00. The molecule has 3 heteroatoms. The summed E-state index contributed by atoms with van der Waals surface area (Å²) in [5, 5.41) is 9.22. The number of nitrogens with zero attached hydrogens (tertiary/aromatic N) is 1. The highest BCUT2D eigenvalue weighted by Crippen LogP contribution is 2.41. The van der Waals surface area contributed by atoms with E-state index in [1.54, 1.807) is 0 Å². The Balaban J connectivity index is 1.56. The summed E-state index contributed by atoms with van der Waals surface area (Å²) in [5.74, 6) is 0.557. The molecule has 0 radical (unpaired) electrons. The third-order valence-electron chi connectivity index (χ3n) is 5.41. The Morgan fingerprint density at radius 1 is 1.11 bits per heavy atom. The van der Waals surface area contributed by atoms with Crippen molar-refractivity contribution >= 4 is 0 Å². The van der Waals surface area contributed by atoms with E-state index in [0.717, 1.165) is 12.6 Å². The van der Waals surface area contributed by atoms with Gasteiger partial charge in [0.15, 0.2) is 0 Å². The molecule has 0 aromatic heterocycles. The van der Waals surface area contributed by atoms with Crippen LogP contribution in [0.15, 0.2) is 0 Å². The zero-order chi connectivity index (χ0) is 12.4. The topological polar surface area (TPSA) is 32.7 Å². The van der Waals surface area contributed by atoms with Gasteiger partial charge in [-0.2, -0.15) is 0 Å². The SMILES string of the molecule is OCC1CCN(C2CCOC3(CCCC3)C2)CC1. The maximum Gasteiger partial charge on any atom is 0.0697 e. The average molecular weight is 253 g/mol. The van der Waals surface area contributed by atoms with Crippen molar-refractivity contribution in [3.63, 3.8) is 0 Å². The van der Waals surface area contributed by atoms with Gasteiger partial charge < -0.3 is 14.7 Å². The van der Waals surface area contributed by atoms with Crippen LogP contribution < -0.4 is 0 Å². The highest BCUT2D eigenvalue weighted by atomic mass is 16.5. The molecule has 1 N–H and O–H groups in total. The van der Waals surface area contributed by atoms with E-state index in [1.165, 1.54) is 64.5 Å². The maximum atomic E-state index is 9.22. The molecule has 0 amide bonds. The molecule has 1 saturated carbocycles. The lowest BCUT2D eigenvalue weighted by Crippen LogP contribution is -2.50. The second kappa shape index (κ2) is 5.48. The van der Waals surface area contributed by atoms with Crippen LogP contribution in [0.5, 0.6) is 0 Å². The van der Waals surface area contributed by atoms with Crippen LogP contribution in [0.3, 0.4) is 0 Å². The number of piperidine rings is 1. The third-order valence-corrected chi connectivity index (χ3v) is 5.41. The van der Waals surface area contributed by atoms with Crippen LogP contribution in [0, 0.1) is 5.92 Å². The number of rotatable bonds is 2. The smallest absolute Gasteiger partial charge is 0.0697 e. The molecular weight excluding hydrogens is 226 g/mol. The Morgan fingerprint density at radius 2 is 1.83 bits per heavy atom. The van der Waals surface area contributed by atoms with E-state index in [9.17, 15) is 5.11 Å². The van der Waals surface area contributed by atoms with Crippen molar-refractivity contribution in [1.82, 2.24) is 4.90 Å². The van der Waals surface area contributed by atoms with E-state index in [2.05, 4.69) is 4.90 Å². The van der Waals surface area contributed by atoms with E-state index in [0.29, 0.717) is 12.5 Å². The highest BCUT2D eigenvalue weighted by Gasteiger charge is 2.41. The van der Waals surface area contributed by atoms with Crippen molar-refractivity contribution in [2.24, 2.45) is 5.92 Å². The molecule has 2 saturated heterocycles. The minimum absolute atomic E-state index is 0.247. The number of ether oxygens (including phenoxy) is 1. The predicted octanol–water partition coefficient (Wildman–Crippen LogP) is 2.18. The molecule has 2 aliphatic heterocycles. The van der Waals surface area contributed by atoms with Gasteiger partial charge in [-0.3, -0.25) is 0 Å². The molecule has 3 aliphatic rings. The fourth-order valence-electron chi connectivity index (χ4n) is 4.18. The maximum absolute atomic E-state index is 9.22. The van der Waals surface area contributed by atoms with E-state index in [4.69, 9.17) is 4.74 Å². The van der Waals surface area contributed by atoms with Gasteiger partial charge in [-0.25, -0.2) is 0 Å². The number of hydrogen-bond acceptors (Lipinski definition) is 3. The number of hydrogen-bond donors (Lipinski definition) is 1. The second-order valence-electron chi connectivity index (χ2n) is 6.55. The van der Waals surface area contributed by atoms with Crippen molar-refractivity contribution in [1.29, 1.82) is 0 Å². The Bertz CT molecular complexity index is 268. The molecule has 3 rings (SSSR count). The van der Waals surface area contributed by atoms with Crippen LogP contribution in [-0.4, -0.2) is 48.0 Å². The fourth-order valence-corrected chi connectivity index (χ4v) is 4.18. The minimum Gasteiger partial charge on any atom is -0.396 e. The Hall–Kier alpha value is -0.120. The van der Waals surface area contributed by atoms with Crippen molar-refractivity contribution in [3.05, 3.63) is 0 Å². The average Bonchev–Trinajstić information content (AvgIpc) is 2.87. The Kier molecular flexibility index (Phi) is 3.92. The van der Waals surface area contributed by atoms with Gasteiger partial charge in [0, 0.05) is 19.3 Å². The van der Waals surface area contributed by atoms with Crippen LogP contribution in [-0.2, 0) is 4.74 Å². The largest absolute Gasteiger partial charge is 0.396 e. The van der Waals surface area contributed by atoms with E-state index in [1.807, 2.05) is 0 Å². The number of aliphatic hydroxyl groups is 1. The van der Waals surface area contributed by atoms with E-state index < -0.39 is 0 Å². The summed E-state index contributed by atoms with van der Waals surface area (Å²) >= 11 is 0. The van der Waals surface area contributed by atoms with Crippen LogP contribution in [0.2, 0.25) is 0 Å². The third kappa shape index (κ3) is 2.59. The van der Waals surface area contributed by atoms with Gasteiger partial charge in [-0.05, 0) is 57.5 Å². The van der Waals surface area contributed by atoms with Crippen LogP contribution >= 0.6 is 0 Å². The number of likely N-dealkylation sites (tertiary alicyclic amines) is 1. The molecule has 0 aromatic rings. The van der Waals surface area contributed by atoms with Crippen LogP contribution in [0.1, 0.15) is 51.4 Å². The van der Waals surface area contributed by atoms with Crippen molar-refractivity contribution in [2.45, 2.75) is 63.0 Å². The number of aliphatic hydroxyl groups excluding tert-OH is 1. The van der Waals surface area contributed by atoms with Gasteiger partial charge in [-0.15, -0.1) is 0 Å². The van der Waals surface area contributed by atoms with Gasteiger partial charge in [0.1, 0.15) is 0 Å². The minimum atomic E-state index is 0.247. The first-order valence-electron chi connectivity index (χ1n) is 7.80. The molecule has 0 aromatic carbocycles. The van der Waals surface area contributed by atoms with E-state index in [-0.39, 0.29) is 5.60 Å². The molecule has 104 valence electrons. The summed E-state index contributed by atoms with van der Waals surface area (Å²) in [6.45, 7) is 3.72. The van der Waals surface area contributed by atoms with Crippen LogP contribution in [0.4, 0.5) is 0 Å². The molecule has 3 nitrogen and oxygen atoms in total.